The Morgan fingerprint density at radius 2 is 1.44 bits per heavy atom. The molecule has 0 aliphatic carbocycles. The first-order chi connectivity index (χ1) is 13.3. The van der Waals surface area contributed by atoms with E-state index in [1.165, 1.54) is 62.0 Å². The van der Waals surface area contributed by atoms with E-state index in [1.54, 1.807) is 14.2 Å². The first-order valence-electron chi connectivity index (χ1n) is 10.00. The van der Waals surface area contributed by atoms with Crippen molar-refractivity contribution in [3.8, 4) is 11.5 Å². The highest BCUT2D eigenvalue weighted by atomic mass is 16.5. The van der Waals surface area contributed by atoms with Crippen molar-refractivity contribution in [3.63, 3.8) is 0 Å². The van der Waals surface area contributed by atoms with Gasteiger partial charge in [0.25, 0.3) is 0 Å². The molecule has 2 aromatic carbocycles. The van der Waals surface area contributed by atoms with Crippen molar-refractivity contribution in [2.24, 2.45) is 0 Å². The highest BCUT2D eigenvalue weighted by Gasteiger charge is 2.10. The topological polar surface area (TPSA) is 21.7 Å². The van der Waals surface area contributed by atoms with Crippen LogP contribution >= 0.6 is 0 Å². The average molecular weight is 366 g/mol. The van der Waals surface area contributed by atoms with Gasteiger partial charge in [0.2, 0.25) is 0 Å². The van der Waals surface area contributed by atoms with E-state index in [-0.39, 0.29) is 0 Å². The fourth-order valence-corrected chi connectivity index (χ4v) is 3.68. The smallest absolute Gasteiger partial charge is 0.118 e. The second-order valence-corrected chi connectivity index (χ2v) is 7.18. The maximum Gasteiger partial charge on any atom is 0.118 e. The van der Waals surface area contributed by atoms with Gasteiger partial charge in [-0.3, -0.25) is 0 Å². The third-order valence-electron chi connectivity index (χ3n) is 5.29. The van der Waals surface area contributed by atoms with Crippen LogP contribution in [0.15, 0.2) is 48.5 Å². The summed E-state index contributed by atoms with van der Waals surface area (Å²) in [6.45, 7) is 3.72. The third-order valence-corrected chi connectivity index (χ3v) is 5.29. The number of benzene rings is 2. The van der Waals surface area contributed by atoms with Crippen LogP contribution in [-0.4, -0.2) is 38.8 Å². The van der Waals surface area contributed by atoms with Gasteiger partial charge in [0.15, 0.2) is 0 Å². The largest absolute Gasteiger partial charge is 0.497 e. The molecule has 3 heteroatoms. The van der Waals surface area contributed by atoms with Crippen molar-refractivity contribution in [3.05, 3.63) is 59.7 Å². The second kappa shape index (κ2) is 10.2. The number of likely N-dealkylation sites (tertiary alicyclic amines) is 1. The molecule has 0 aromatic heterocycles. The molecule has 0 bridgehead atoms. The fourth-order valence-electron chi connectivity index (χ4n) is 3.68. The van der Waals surface area contributed by atoms with Gasteiger partial charge in [0.1, 0.15) is 11.5 Å². The fraction of sp³-hybridized carbons (Fsp3) is 0.417. The molecule has 0 spiro atoms. The van der Waals surface area contributed by atoms with Gasteiger partial charge in [0, 0.05) is 0 Å². The first kappa shape index (κ1) is 19.5. The molecule has 1 saturated heterocycles. The Balaban J connectivity index is 1.73. The van der Waals surface area contributed by atoms with Crippen LogP contribution in [0.25, 0.3) is 11.6 Å². The number of piperidine rings is 1. The van der Waals surface area contributed by atoms with Crippen molar-refractivity contribution in [1.29, 1.82) is 0 Å². The van der Waals surface area contributed by atoms with Gasteiger partial charge in [-0.2, -0.15) is 0 Å². The molecule has 144 valence electrons. The van der Waals surface area contributed by atoms with Gasteiger partial charge >= 0.3 is 0 Å². The summed E-state index contributed by atoms with van der Waals surface area (Å²) < 4.78 is 10.6. The molecular formula is C24H31NO2. The lowest BCUT2D eigenvalue weighted by molar-refractivity contribution is 0.227. The molecule has 0 N–H and O–H groups in total. The Morgan fingerprint density at radius 1 is 0.852 bits per heavy atom. The molecule has 2 aromatic rings. The van der Waals surface area contributed by atoms with Crippen LogP contribution in [0.4, 0.5) is 0 Å². The van der Waals surface area contributed by atoms with Crippen LogP contribution in [0.1, 0.15) is 43.2 Å². The van der Waals surface area contributed by atoms with Gasteiger partial charge in [-0.25, -0.2) is 0 Å². The Hall–Kier alpha value is -2.26. The zero-order chi connectivity index (χ0) is 18.9. The number of hydrogen-bond acceptors (Lipinski definition) is 3. The average Bonchev–Trinajstić information content (AvgIpc) is 2.74. The molecule has 1 aliphatic heterocycles. The molecule has 27 heavy (non-hydrogen) atoms. The molecule has 0 radical (unpaired) electrons. The summed E-state index contributed by atoms with van der Waals surface area (Å²) in [5, 5.41) is 0. The van der Waals surface area contributed by atoms with E-state index in [0.29, 0.717) is 0 Å². The second-order valence-electron chi connectivity index (χ2n) is 7.18. The molecule has 1 aliphatic rings. The molecule has 3 nitrogen and oxygen atoms in total. The molecule has 0 amide bonds. The minimum absolute atomic E-state index is 0.892. The minimum atomic E-state index is 0.892. The number of methoxy groups -OCH3 is 2. The summed E-state index contributed by atoms with van der Waals surface area (Å²) in [7, 11) is 3.41. The van der Waals surface area contributed by atoms with Crippen LogP contribution in [0.5, 0.6) is 11.5 Å². The van der Waals surface area contributed by atoms with Crippen LogP contribution in [-0.2, 0) is 0 Å². The summed E-state index contributed by atoms with van der Waals surface area (Å²) in [5.41, 5.74) is 3.85. The molecule has 0 unspecified atom stereocenters. The molecular weight excluding hydrogens is 334 g/mol. The van der Waals surface area contributed by atoms with Gasteiger partial charge in [-0.05, 0) is 86.3 Å². The van der Waals surface area contributed by atoms with E-state index in [1.807, 2.05) is 24.3 Å². The Labute approximate surface area is 163 Å². The van der Waals surface area contributed by atoms with E-state index >= 15 is 0 Å². The zero-order valence-corrected chi connectivity index (χ0v) is 16.6. The standard InChI is InChI=1S/C24H31NO2/c1-26-23-12-8-20(9-13-23)19-22(21-10-14-24(27-2)15-11-21)7-6-18-25-16-4-3-5-17-25/h8-15,19H,3-7,16-18H2,1-2H3/b22-19+. The van der Waals surface area contributed by atoms with Crippen LogP contribution in [0.3, 0.4) is 0 Å². The van der Waals surface area contributed by atoms with Crippen molar-refractivity contribution < 1.29 is 9.47 Å². The number of rotatable bonds is 8. The summed E-state index contributed by atoms with van der Waals surface area (Å²) in [6, 6.07) is 16.7. The lowest BCUT2D eigenvalue weighted by Gasteiger charge is -2.26. The lowest BCUT2D eigenvalue weighted by atomic mass is 9.98. The molecule has 0 saturated carbocycles. The number of ether oxygens (including phenoxy) is 2. The predicted octanol–water partition coefficient (Wildman–Crippen LogP) is 5.51. The first-order valence-corrected chi connectivity index (χ1v) is 10.00. The highest BCUT2D eigenvalue weighted by molar-refractivity contribution is 5.81. The Kier molecular flexibility index (Phi) is 7.35. The molecule has 1 fully saturated rings. The van der Waals surface area contributed by atoms with Gasteiger partial charge < -0.3 is 14.4 Å². The zero-order valence-electron chi connectivity index (χ0n) is 16.6. The van der Waals surface area contributed by atoms with Crippen LogP contribution in [0, 0.1) is 0 Å². The summed E-state index contributed by atoms with van der Waals surface area (Å²) in [5.74, 6) is 1.79. The summed E-state index contributed by atoms with van der Waals surface area (Å²) in [4.78, 5) is 2.61. The maximum absolute atomic E-state index is 5.31. The van der Waals surface area contributed by atoms with Gasteiger partial charge in [-0.1, -0.05) is 36.8 Å². The van der Waals surface area contributed by atoms with Crippen LogP contribution in [0.2, 0.25) is 0 Å². The third kappa shape index (κ3) is 5.86. The van der Waals surface area contributed by atoms with Crippen molar-refractivity contribution in [1.82, 2.24) is 4.90 Å². The predicted molar refractivity (Wildman–Crippen MR) is 113 cm³/mol. The quantitative estimate of drug-likeness (QED) is 0.576. The van der Waals surface area contributed by atoms with E-state index in [0.717, 1.165) is 17.9 Å². The monoisotopic (exact) mass is 365 g/mol. The number of nitrogens with zero attached hydrogens (tertiary/aromatic N) is 1. The van der Waals surface area contributed by atoms with E-state index in [9.17, 15) is 0 Å². The van der Waals surface area contributed by atoms with Crippen molar-refractivity contribution >= 4 is 11.6 Å². The van der Waals surface area contributed by atoms with Crippen LogP contribution < -0.4 is 9.47 Å². The maximum atomic E-state index is 5.31. The van der Waals surface area contributed by atoms with Crippen molar-refractivity contribution in [2.75, 3.05) is 33.9 Å². The lowest BCUT2D eigenvalue weighted by Crippen LogP contribution is -2.30. The number of hydrogen-bond donors (Lipinski definition) is 0. The summed E-state index contributed by atoms with van der Waals surface area (Å²) >= 11 is 0. The van der Waals surface area contributed by atoms with Crippen molar-refractivity contribution in [2.45, 2.75) is 32.1 Å². The van der Waals surface area contributed by atoms with E-state index in [2.05, 4.69) is 35.2 Å². The normalized spacial score (nSPS) is 15.6. The number of allylic oxidation sites excluding steroid dienone is 1. The minimum Gasteiger partial charge on any atom is -0.497 e. The summed E-state index contributed by atoms with van der Waals surface area (Å²) in [6.07, 6.45) is 8.67. The van der Waals surface area contributed by atoms with E-state index < -0.39 is 0 Å². The molecule has 1 heterocycles. The Bertz CT molecular complexity index is 713. The Morgan fingerprint density at radius 3 is 2.04 bits per heavy atom. The van der Waals surface area contributed by atoms with Gasteiger partial charge in [0.05, 0.1) is 14.2 Å². The highest BCUT2D eigenvalue weighted by Crippen LogP contribution is 2.26. The van der Waals surface area contributed by atoms with E-state index in [4.69, 9.17) is 9.47 Å². The molecule has 0 atom stereocenters. The SMILES string of the molecule is COc1ccc(/C=C(\CCCN2CCCCC2)c2ccc(OC)cc2)cc1. The molecule has 3 rings (SSSR count). The van der Waals surface area contributed by atoms with Gasteiger partial charge in [-0.15, -0.1) is 0 Å².